The summed E-state index contributed by atoms with van der Waals surface area (Å²) >= 11 is 0. The molecule has 1 aliphatic rings. The zero-order chi connectivity index (χ0) is 13.9. The van der Waals surface area contributed by atoms with Crippen LogP contribution in [0.25, 0.3) is 0 Å². The lowest BCUT2D eigenvalue weighted by Crippen LogP contribution is -2.39. The molecule has 20 heavy (non-hydrogen) atoms. The van der Waals surface area contributed by atoms with E-state index in [0.717, 1.165) is 30.6 Å². The molecule has 104 valence electrons. The van der Waals surface area contributed by atoms with Gasteiger partial charge in [-0.3, -0.25) is 14.9 Å². The molecule has 2 aromatic heterocycles. The molecule has 1 amide bonds. The number of H-pyrrole nitrogens is 1. The lowest BCUT2D eigenvalue weighted by atomic mass is 9.93. The van der Waals surface area contributed by atoms with Gasteiger partial charge in [-0.25, -0.2) is 4.98 Å². The second-order valence-electron chi connectivity index (χ2n) is 5.15. The predicted octanol–water partition coefficient (Wildman–Crippen LogP) is 1.53. The maximum atomic E-state index is 12.4. The van der Waals surface area contributed by atoms with E-state index in [9.17, 15) is 4.79 Å². The van der Waals surface area contributed by atoms with Crippen molar-refractivity contribution >= 4 is 5.91 Å². The van der Waals surface area contributed by atoms with Crippen molar-refractivity contribution in [3.05, 3.63) is 41.7 Å². The molecule has 1 atom stereocenters. The quantitative estimate of drug-likeness (QED) is 0.898. The SMILES string of the molecule is Cc1cn[nH]c1C1CCCN(C(=O)c2cnccn2)C1. The largest absolute Gasteiger partial charge is 0.337 e. The Morgan fingerprint density at radius 3 is 3.00 bits per heavy atom. The first-order valence-electron chi connectivity index (χ1n) is 6.81. The molecule has 0 aliphatic carbocycles. The van der Waals surface area contributed by atoms with E-state index in [-0.39, 0.29) is 5.91 Å². The molecule has 1 fully saturated rings. The van der Waals surface area contributed by atoms with Crippen molar-refractivity contribution in [2.24, 2.45) is 0 Å². The summed E-state index contributed by atoms with van der Waals surface area (Å²) in [5.74, 6) is 0.284. The maximum absolute atomic E-state index is 12.4. The van der Waals surface area contributed by atoms with Gasteiger partial charge in [0.2, 0.25) is 0 Å². The summed E-state index contributed by atoms with van der Waals surface area (Å²) in [5, 5.41) is 7.13. The number of nitrogens with one attached hydrogen (secondary N) is 1. The van der Waals surface area contributed by atoms with Gasteiger partial charge in [0.15, 0.2) is 0 Å². The summed E-state index contributed by atoms with van der Waals surface area (Å²) in [6, 6.07) is 0. The zero-order valence-corrected chi connectivity index (χ0v) is 11.4. The van der Waals surface area contributed by atoms with Crippen LogP contribution in [0.4, 0.5) is 0 Å². The molecule has 3 rings (SSSR count). The van der Waals surface area contributed by atoms with Crippen LogP contribution in [0.2, 0.25) is 0 Å². The van der Waals surface area contributed by atoms with Crippen LogP contribution in [0, 0.1) is 6.92 Å². The third-order valence-corrected chi connectivity index (χ3v) is 3.77. The molecule has 1 aliphatic heterocycles. The number of amides is 1. The Kier molecular flexibility index (Phi) is 3.45. The van der Waals surface area contributed by atoms with Crippen molar-refractivity contribution < 1.29 is 4.79 Å². The molecule has 6 heteroatoms. The van der Waals surface area contributed by atoms with Gasteiger partial charge in [-0.1, -0.05) is 0 Å². The molecule has 0 saturated carbocycles. The van der Waals surface area contributed by atoms with Crippen LogP contribution < -0.4 is 0 Å². The topological polar surface area (TPSA) is 74.8 Å². The van der Waals surface area contributed by atoms with Crippen molar-refractivity contribution in [1.29, 1.82) is 0 Å². The summed E-state index contributed by atoms with van der Waals surface area (Å²) in [6.07, 6.45) is 8.55. The molecule has 2 aromatic rings. The Bertz CT molecular complexity index is 595. The minimum Gasteiger partial charge on any atom is -0.337 e. The van der Waals surface area contributed by atoms with Gasteiger partial charge in [-0.15, -0.1) is 0 Å². The number of piperidine rings is 1. The molecule has 0 radical (unpaired) electrons. The van der Waals surface area contributed by atoms with Crippen molar-refractivity contribution in [2.45, 2.75) is 25.7 Å². The Labute approximate surface area is 117 Å². The lowest BCUT2D eigenvalue weighted by molar-refractivity contribution is 0.0699. The Morgan fingerprint density at radius 1 is 1.40 bits per heavy atom. The first-order valence-corrected chi connectivity index (χ1v) is 6.81. The van der Waals surface area contributed by atoms with E-state index in [4.69, 9.17) is 0 Å². The van der Waals surface area contributed by atoms with Gasteiger partial charge in [0.25, 0.3) is 5.91 Å². The fourth-order valence-electron chi connectivity index (χ4n) is 2.74. The number of aromatic nitrogens is 4. The van der Waals surface area contributed by atoms with Crippen LogP contribution in [-0.2, 0) is 0 Å². The van der Waals surface area contributed by atoms with Gasteiger partial charge < -0.3 is 4.90 Å². The summed E-state index contributed by atoms with van der Waals surface area (Å²) in [6.45, 7) is 3.53. The monoisotopic (exact) mass is 271 g/mol. The van der Waals surface area contributed by atoms with Gasteiger partial charge >= 0.3 is 0 Å². The van der Waals surface area contributed by atoms with E-state index in [2.05, 4.69) is 20.2 Å². The molecule has 1 saturated heterocycles. The average Bonchev–Trinajstić information content (AvgIpc) is 2.94. The highest BCUT2D eigenvalue weighted by Gasteiger charge is 2.27. The molecule has 0 bridgehead atoms. The molecule has 6 nitrogen and oxygen atoms in total. The van der Waals surface area contributed by atoms with Crippen LogP contribution in [0.15, 0.2) is 24.8 Å². The van der Waals surface area contributed by atoms with E-state index in [0.29, 0.717) is 18.2 Å². The van der Waals surface area contributed by atoms with Gasteiger partial charge in [0.1, 0.15) is 5.69 Å². The van der Waals surface area contributed by atoms with Crippen molar-refractivity contribution in [3.8, 4) is 0 Å². The number of nitrogens with zero attached hydrogens (tertiary/aromatic N) is 4. The summed E-state index contributed by atoms with van der Waals surface area (Å²) in [5.41, 5.74) is 2.71. The van der Waals surface area contributed by atoms with Gasteiger partial charge in [0, 0.05) is 37.1 Å². The first-order chi connectivity index (χ1) is 9.75. The molecular weight excluding hydrogens is 254 g/mol. The lowest BCUT2D eigenvalue weighted by Gasteiger charge is -2.32. The van der Waals surface area contributed by atoms with E-state index < -0.39 is 0 Å². The Balaban J connectivity index is 1.76. The Morgan fingerprint density at radius 2 is 2.30 bits per heavy atom. The molecule has 0 spiro atoms. The fraction of sp³-hybridized carbons (Fsp3) is 0.429. The number of hydrogen-bond donors (Lipinski definition) is 1. The van der Waals surface area contributed by atoms with E-state index in [1.807, 2.05) is 18.0 Å². The first kappa shape index (κ1) is 12.8. The third kappa shape index (κ3) is 2.41. The van der Waals surface area contributed by atoms with Crippen LogP contribution in [0.1, 0.15) is 40.5 Å². The second-order valence-corrected chi connectivity index (χ2v) is 5.15. The standard InChI is InChI=1S/C14H17N5O/c1-10-7-17-18-13(10)11-3-2-6-19(9-11)14(20)12-8-15-4-5-16-12/h4-5,7-8,11H,2-3,6,9H2,1H3,(H,17,18). The minimum atomic E-state index is -0.0417. The minimum absolute atomic E-state index is 0.0417. The normalized spacial score (nSPS) is 19.1. The molecule has 1 N–H and O–H groups in total. The third-order valence-electron chi connectivity index (χ3n) is 3.77. The molecule has 3 heterocycles. The zero-order valence-electron chi connectivity index (χ0n) is 11.4. The summed E-state index contributed by atoms with van der Waals surface area (Å²) < 4.78 is 0. The summed E-state index contributed by atoms with van der Waals surface area (Å²) in [4.78, 5) is 22.3. The highest BCUT2D eigenvalue weighted by molar-refractivity contribution is 5.92. The number of hydrogen-bond acceptors (Lipinski definition) is 4. The number of likely N-dealkylation sites (tertiary alicyclic amines) is 1. The summed E-state index contributed by atoms with van der Waals surface area (Å²) in [7, 11) is 0. The number of aryl methyl sites for hydroxylation is 1. The highest BCUT2D eigenvalue weighted by Crippen LogP contribution is 2.27. The highest BCUT2D eigenvalue weighted by atomic mass is 16.2. The molecule has 0 aromatic carbocycles. The van der Waals surface area contributed by atoms with Crippen LogP contribution in [-0.4, -0.2) is 44.1 Å². The second kappa shape index (κ2) is 5.40. The van der Waals surface area contributed by atoms with Crippen LogP contribution in [0.5, 0.6) is 0 Å². The Hall–Kier alpha value is -2.24. The van der Waals surface area contributed by atoms with Gasteiger partial charge in [-0.05, 0) is 25.3 Å². The maximum Gasteiger partial charge on any atom is 0.274 e. The van der Waals surface area contributed by atoms with Crippen molar-refractivity contribution in [1.82, 2.24) is 25.1 Å². The molecule has 1 unspecified atom stereocenters. The van der Waals surface area contributed by atoms with Crippen LogP contribution in [0.3, 0.4) is 0 Å². The van der Waals surface area contributed by atoms with Gasteiger partial charge in [0.05, 0.1) is 12.4 Å². The van der Waals surface area contributed by atoms with Crippen molar-refractivity contribution in [3.63, 3.8) is 0 Å². The number of aromatic amines is 1. The van der Waals surface area contributed by atoms with E-state index >= 15 is 0 Å². The average molecular weight is 271 g/mol. The van der Waals surface area contributed by atoms with E-state index in [1.54, 1.807) is 12.4 Å². The number of rotatable bonds is 2. The number of carbonyl (C=O) groups is 1. The van der Waals surface area contributed by atoms with Crippen molar-refractivity contribution in [2.75, 3.05) is 13.1 Å². The number of carbonyl (C=O) groups excluding carboxylic acids is 1. The molecular formula is C14H17N5O. The predicted molar refractivity (Wildman–Crippen MR) is 73.2 cm³/mol. The van der Waals surface area contributed by atoms with E-state index in [1.165, 1.54) is 6.20 Å². The fourth-order valence-corrected chi connectivity index (χ4v) is 2.74. The van der Waals surface area contributed by atoms with Crippen LogP contribution >= 0.6 is 0 Å². The van der Waals surface area contributed by atoms with Gasteiger partial charge in [-0.2, -0.15) is 5.10 Å². The smallest absolute Gasteiger partial charge is 0.274 e.